The summed E-state index contributed by atoms with van der Waals surface area (Å²) < 4.78 is 6.02. The molecule has 3 nitrogen and oxygen atoms in total. The van der Waals surface area contributed by atoms with Crippen molar-refractivity contribution < 1.29 is 4.74 Å². The van der Waals surface area contributed by atoms with Crippen LogP contribution in [0.1, 0.15) is 82.6 Å². The van der Waals surface area contributed by atoms with Crippen LogP contribution in [0.3, 0.4) is 0 Å². The van der Waals surface area contributed by atoms with Crippen LogP contribution in [-0.2, 0) is 0 Å². The summed E-state index contributed by atoms with van der Waals surface area (Å²) in [6, 6.07) is 13.6. The number of anilines is 2. The zero-order chi connectivity index (χ0) is 19.8. The van der Waals surface area contributed by atoms with E-state index >= 15 is 0 Å². The van der Waals surface area contributed by atoms with E-state index < -0.39 is 0 Å². The summed E-state index contributed by atoms with van der Waals surface area (Å²) in [5, 5.41) is 0. The first-order chi connectivity index (χ1) is 13.7. The van der Waals surface area contributed by atoms with E-state index in [4.69, 9.17) is 16.2 Å². The van der Waals surface area contributed by atoms with Crippen LogP contribution in [0.4, 0.5) is 11.4 Å². The number of rotatable bonds is 9. The number of hydrogen-bond donors (Lipinski definition) is 2. The van der Waals surface area contributed by atoms with E-state index in [1.807, 2.05) is 42.5 Å². The number of hydrogen-bond acceptors (Lipinski definition) is 3. The fourth-order valence-corrected chi connectivity index (χ4v) is 4.57. The average Bonchev–Trinajstić information content (AvgIpc) is 2.72. The summed E-state index contributed by atoms with van der Waals surface area (Å²) in [7, 11) is 0. The molecule has 0 spiro atoms. The maximum atomic E-state index is 6.52. The van der Waals surface area contributed by atoms with E-state index in [0.717, 1.165) is 22.9 Å². The Kier molecular flexibility index (Phi) is 7.64. The van der Waals surface area contributed by atoms with Crippen LogP contribution in [0.5, 0.6) is 11.5 Å². The second kappa shape index (κ2) is 10.4. The molecule has 0 atom stereocenters. The van der Waals surface area contributed by atoms with Gasteiger partial charge in [-0.25, -0.2) is 0 Å². The number of para-hydroxylation sites is 1. The maximum Gasteiger partial charge on any atom is 0.150 e. The second-order valence-corrected chi connectivity index (χ2v) is 8.32. The van der Waals surface area contributed by atoms with Crippen LogP contribution in [0.25, 0.3) is 0 Å². The molecule has 0 saturated heterocycles. The van der Waals surface area contributed by atoms with Crippen LogP contribution in [0.2, 0.25) is 0 Å². The second-order valence-electron chi connectivity index (χ2n) is 8.32. The zero-order valence-electron chi connectivity index (χ0n) is 17.3. The lowest BCUT2D eigenvalue weighted by molar-refractivity contribution is 0.302. The third-order valence-electron chi connectivity index (χ3n) is 6.22. The first-order valence-corrected chi connectivity index (χ1v) is 11.1. The maximum absolute atomic E-state index is 6.52. The molecule has 1 saturated carbocycles. The van der Waals surface area contributed by atoms with E-state index in [9.17, 15) is 0 Å². The van der Waals surface area contributed by atoms with Crippen molar-refractivity contribution in [1.29, 1.82) is 0 Å². The Bertz CT molecular complexity index is 721. The van der Waals surface area contributed by atoms with Gasteiger partial charge in [0.25, 0.3) is 0 Å². The van der Waals surface area contributed by atoms with Crippen LogP contribution in [0, 0.1) is 5.92 Å². The van der Waals surface area contributed by atoms with Crippen LogP contribution >= 0.6 is 0 Å². The smallest absolute Gasteiger partial charge is 0.150 e. The Balaban J connectivity index is 1.59. The molecule has 3 rings (SSSR count). The molecule has 0 aliphatic heterocycles. The Morgan fingerprint density at radius 3 is 2.29 bits per heavy atom. The topological polar surface area (TPSA) is 61.3 Å². The molecule has 1 aliphatic carbocycles. The van der Waals surface area contributed by atoms with Gasteiger partial charge in [0.15, 0.2) is 5.75 Å². The molecule has 1 fully saturated rings. The molecule has 2 aromatic carbocycles. The van der Waals surface area contributed by atoms with Crippen LogP contribution in [-0.4, -0.2) is 0 Å². The highest BCUT2D eigenvalue weighted by Gasteiger charge is 2.26. The highest BCUT2D eigenvalue weighted by Crippen LogP contribution is 2.45. The molecule has 0 heterocycles. The lowest BCUT2D eigenvalue weighted by Crippen LogP contribution is -2.16. The quantitative estimate of drug-likeness (QED) is 0.355. The molecule has 4 N–H and O–H groups in total. The molecule has 0 radical (unpaired) electrons. The van der Waals surface area contributed by atoms with Crippen molar-refractivity contribution in [2.75, 3.05) is 11.5 Å². The molecular formula is C25H36N2O. The summed E-state index contributed by atoms with van der Waals surface area (Å²) in [5.41, 5.74) is 15.5. The van der Waals surface area contributed by atoms with Gasteiger partial charge in [-0.3, -0.25) is 0 Å². The predicted molar refractivity (Wildman–Crippen MR) is 120 cm³/mol. The SMILES string of the molecule is CCCCCCCC1CCC(c2c(N)ccc(Oc3ccccc3)c2N)CC1. The summed E-state index contributed by atoms with van der Waals surface area (Å²) in [4.78, 5) is 0. The van der Waals surface area contributed by atoms with E-state index in [0.29, 0.717) is 17.4 Å². The van der Waals surface area contributed by atoms with Gasteiger partial charge in [-0.05, 0) is 61.8 Å². The minimum Gasteiger partial charge on any atom is -0.455 e. The Morgan fingerprint density at radius 1 is 0.857 bits per heavy atom. The normalized spacial score (nSPS) is 19.5. The standard InChI is InChI=1S/C25H36N2O/c1-2-3-4-5-7-10-19-13-15-20(16-14-19)24-22(26)17-18-23(25(24)27)28-21-11-8-6-9-12-21/h6,8-9,11-12,17-20H,2-5,7,10,13-16,26-27H2,1H3. The van der Waals surface area contributed by atoms with Gasteiger partial charge in [-0.2, -0.15) is 0 Å². The van der Waals surface area contributed by atoms with E-state index in [2.05, 4.69) is 6.92 Å². The summed E-state index contributed by atoms with van der Waals surface area (Å²) >= 11 is 0. The van der Waals surface area contributed by atoms with Gasteiger partial charge in [0.2, 0.25) is 0 Å². The lowest BCUT2D eigenvalue weighted by Gasteiger charge is -2.30. The molecule has 0 bridgehead atoms. The third-order valence-corrected chi connectivity index (χ3v) is 6.22. The number of nitrogen functional groups attached to an aromatic ring is 2. The van der Waals surface area contributed by atoms with Crippen molar-refractivity contribution in [2.24, 2.45) is 5.92 Å². The molecular weight excluding hydrogens is 344 g/mol. The van der Waals surface area contributed by atoms with Gasteiger partial charge in [0.05, 0.1) is 5.69 Å². The van der Waals surface area contributed by atoms with E-state index in [1.54, 1.807) is 0 Å². The average molecular weight is 381 g/mol. The minimum absolute atomic E-state index is 0.454. The molecule has 0 amide bonds. The van der Waals surface area contributed by atoms with Crippen molar-refractivity contribution in [2.45, 2.75) is 77.0 Å². The first kappa shape index (κ1) is 20.6. The summed E-state index contributed by atoms with van der Waals surface area (Å²) in [6.45, 7) is 2.28. The lowest BCUT2D eigenvalue weighted by atomic mass is 9.76. The third kappa shape index (κ3) is 5.43. The molecule has 0 aromatic heterocycles. The Labute approximate surface area is 170 Å². The highest BCUT2D eigenvalue weighted by atomic mass is 16.5. The van der Waals surface area contributed by atoms with E-state index in [1.165, 1.54) is 64.2 Å². The first-order valence-electron chi connectivity index (χ1n) is 11.1. The largest absolute Gasteiger partial charge is 0.455 e. The fraction of sp³-hybridized carbons (Fsp3) is 0.520. The van der Waals surface area contributed by atoms with Gasteiger partial charge < -0.3 is 16.2 Å². The molecule has 1 aliphatic rings. The van der Waals surface area contributed by atoms with Crippen molar-refractivity contribution in [3.05, 3.63) is 48.0 Å². The number of benzene rings is 2. The minimum atomic E-state index is 0.454. The fourth-order valence-electron chi connectivity index (χ4n) is 4.57. The summed E-state index contributed by atoms with van der Waals surface area (Å²) in [5.74, 6) is 2.85. The van der Waals surface area contributed by atoms with Crippen molar-refractivity contribution in [3.63, 3.8) is 0 Å². The monoisotopic (exact) mass is 380 g/mol. The number of nitrogens with two attached hydrogens (primary N) is 2. The van der Waals surface area contributed by atoms with Crippen molar-refractivity contribution in [3.8, 4) is 11.5 Å². The van der Waals surface area contributed by atoms with Crippen molar-refractivity contribution in [1.82, 2.24) is 0 Å². The number of ether oxygens (including phenoxy) is 1. The molecule has 0 unspecified atom stereocenters. The highest BCUT2D eigenvalue weighted by molar-refractivity contribution is 5.70. The van der Waals surface area contributed by atoms with Crippen molar-refractivity contribution >= 4 is 11.4 Å². The number of unbranched alkanes of at least 4 members (excludes halogenated alkanes) is 4. The van der Waals surface area contributed by atoms with Gasteiger partial charge in [-0.15, -0.1) is 0 Å². The molecule has 2 aromatic rings. The summed E-state index contributed by atoms with van der Waals surface area (Å²) in [6.07, 6.45) is 13.2. The predicted octanol–water partition coefficient (Wildman–Crippen LogP) is 7.28. The van der Waals surface area contributed by atoms with Gasteiger partial charge in [0.1, 0.15) is 5.75 Å². The van der Waals surface area contributed by atoms with Crippen LogP contribution in [0.15, 0.2) is 42.5 Å². The van der Waals surface area contributed by atoms with Gasteiger partial charge in [0, 0.05) is 11.3 Å². The molecule has 3 heteroatoms. The Morgan fingerprint density at radius 2 is 1.57 bits per heavy atom. The zero-order valence-corrected chi connectivity index (χ0v) is 17.3. The van der Waals surface area contributed by atoms with Crippen LogP contribution < -0.4 is 16.2 Å². The van der Waals surface area contributed by atoms with Gasteiger partial charge >= 0.3 is 0 Å². The van der Waals surface area contributed by atoms with E-state index in [-0.39, 0.29) is 0 Å². The van der Waals surface area contributed by atoms with Gasteiger partial charge in [-0.1, -0.05) is 63.6 Å². The molecule has 152 valence electrons. The Hall–Kier alpha value is -2.16. The molecule has 28 heavy (non-hydrogen) atoms.